The van der Waals surface area contributed by atoms with Crippen LogP contribution in [0, 0.1) is 5.82 Å². The van der Waals surface area contributed by atoms with Crippen LogP contribution in [0.25, 0.3) is 11.5 Å². The highest BCUT2D eigenvalue weighted by atomic mass is 35.5. The van der Waals surface area contributed by atoms with Crippen LogP contribution in [0.1, 0.15) is 16.2 Å². The van der Waals surface area contributed by atoms with E-state index in [2.05, 4.69) is 10.2 Å². The highest BCUT2D eigenvalue weighted by molar-refractivity contribution is 6.31. The van der Waals surface area contributed by atoms with Gasteiger partial charge in [-0.3, -0.25) is 0 Å². The molecule has 0 saturated carbocycles. The second-order valence-electron chi connectivity index (χ2n) is 4.71. The van der Waals surface area contributed by atoms with Gasteiger partial charge >= 0.3 is 5.97 Å². The van der Waals surface area contributed by atoms with Crippen molar-refractivity contribution in [2.75, 3.05) is 0 Å². The summed E-state index contributed by atoms with van der Waals surface area (Å²) in [6, 6.07) is 10.4. The van der Waals surface area contributed by atoms with Crippen molar-refractivity contribution in [3.63, 3.8) is 0 Å². The molecule has 0 spiro atoms. The van der Waals surface area contributed by atoms with Gasteiger partial charge in [-0.2, -0.15) is 0 Å². The van der Waals surface area contributed by atoms with Crippen LogP contribution in [0.15, 0.2) is 46.9 Å². The first kappa shape index (κ1) is 16.4. The molecule has 2 aromatic carbocycles. The zero-order valence-electron chi connectivity index (χ0n) is 12.0. The van der Waals surface area contributed by atoms with Crippen LogP contribution in [0.4, 0.5) is 4.39 Å². The Kier molecular flexibility index (Phi) is 4.78. The third-order valence-corrected chi connectivity index (χ3v) is 3.52. The van der Waals surface area contributed by atoms with Gasteiger partial charge in [-0.15, -0.1) is 10.2 Å². The van der Waals surface area contributed by atoms with Crippen LogP contribution in [0.5, 0.6) is 0 Å². The van der Waals surface area contributed by atoms with Gasteiger partial charge < -0.3 is 9.15 Å². The van der Waals surface area contributed by atoms with Gasteiger partial charge in [-0.25, -0.2) is 9.18 Å². The van der Waals surface area contributed by atoms with E-state index in [0.717, 1.165) is 6.07 Å². The average molecular weight is 367 g/mol. The summed E-state index contributed by atoms with van der Waals surface area (Å²) in [6.45, 7) is -0.286. The standard InChI is InChI=1S/C16H9Cl2FN2O3/c17-10-3-1-9(2-4-10)15-21-20-14(24-15)8-23-16(22)12-7-11(18)5-6-13(12)19/h1-7H,8H2. The van der Waals surface area contributed by atoms with Gasteiger partial charge in [0.1, 0.15) is 5.82 Å². The summed E-state index contributed by atoms with van der Waals surface area (Å²) in [7, 11) is 0. The number of rotatable bonds is 4. The van der Waals surface area contributed by atoms with E-state index < -0.39 is 11.8 Å². The molecule has 0 N–H and O–H groups in total. The predicted octanol–water partition coefficient (Wildman–Crippen LogP) is 4.54. The summed E-state index contributed by atoms with van der Waals surface area (Å²) in [5.41, 5.74) is 0.408. The number of halogens is 3. The van der Waals surface area contributed by atoms with Gasteiger partial charge in [-0.05, 0) is 42.5 Å². The van der Waals surface area contributed by atoms with E-state index in [4.69, 9.17) is 32.4 Å². The Morgan fingerprint density at radius 2 is 1.79 bits per heavy atom. The van der Waals surface area contributed by atoms with Gasteiger partial charge in [0.05, 0.1) is 5.56 Å². The quantitative estimate of drug-likeness (QED) is 0.634. The van der Waals surface area contributed by atoms with Gasteiger partial charge in [0.2, 0.25) is 5.89 Å². The van der Waals surface area contributed by atoms with Gasteiger partial charge in [0.25, 0.3) is 5.89 Å². The zero-order valence-corrected chi connectivity index (χ0v) is 13.5. The molecule has 0 atom stereocenters. The molecule has 1 heterocycles. The van der Waals surface area contributed by atoms with Crippen LogP contribution in [0.2, 0.25) is 10.0 Å². The zero-order chi connectivity index (χ0) is 17.1. The number of carbonyl (C=O) groups is 1. The van der Waals surface area contributed by atoms with E-state index in [0.29, 0.717) is 10.6 Å². The molecule has 3 rings (SSSR count). The summed E-state index contributed by atoms with van der Waals surface area (Å²) < 4.78 is 23.9. The Bertz CT molecular complexity index is 881. The first-order chi connectivity index (χ1) is 11.5. The van der Waals surface area contributed by atoms with Crippen LogP contribution < -0.4 is 0 Å². The summed E-state index contributed by atoms with van der Waals surface area (Å²) in [5, 5.41) is 8.43. The maximum Gasteiger partial charge on any atom is 0.341 e. The highest BCUT2D eigenvalue weighted by Crippen LogP contribution is 2.21. The van der Waals surface area contributed by atoms with Gasteiger partial charge in [0, 0.05) is 15.6 Å². The SMILES string of the molecule is O=C(OCc1nnc(-c2ccc(Cl)cc2)o1)c1cc(Cl)ccc1F. The minimum absolute atomic E-state index is 0.0794. The third-order valence-electron chi connectivity index (χ3n) is 3.03. The fourth-order valence-corrected chi connectivity index (χ4v) is 2.18. The Morgan fingerprint density at radius 3 is 2.54 bits per heavy atom. The van der Waals surface area contributed by atoms with E-state index >= 15 is 0 Å². The molecule has 5 nitrogen and oxygen atoms in total. The van der Waals surface area contributed by atoms with E-state index in [9.17, 15) is 9.18 Å². The van der Waals surface area contributed by atoms with E-state index in [1.165, 1.54) is 12.1 Å². The molecule has 24 heavy (non-hydrogen) atoms. The number of benzene rings is 2. The summed E-state index contributed by atoms with van der Waals surface area (Å²) in [4.78, 5) is 11.9. The molecule has 0 radical (unpaired) electrons. The van der Waals surface area contributed by atoms with Crippen molar-refractivity contribution in [1.82, 2.24) is 10.2 Å². The molecular formula is C16H9Cl2FN2O3. The fourth-order valence-electron chi connectivity index (χ4n) is 1.88. The number of hydrogen-bond donors (Lipinski definition) is 0. The molecule has 0 bridgehead atoms. The maximum atomic E-state index is 13.6. The molecule has 3 aromatic rings. The lowest BCUT2D eigenvalue weighted by atomic mass is 10.2. The Morgan fingerprint density at radius 1 is 1.08 bits per heavy atom. The second kappa shape index (κ2) is 6.98. The number of carbonyl (C=O) groups excluding carboxylic acids is 1. The number of aromatic nitrogens is 2. The topological polar surface area (TPSA) is 65.2 Å². The van der Waals surface area contributed by atoms with E-state index in [1.54, 1.807) is 24.3 Å². The van der Waals surface area contributed by atoms with Gasteiger partial charge in [0.15, 0.2) is 6.61 Å². The van der Waals surface area contributed by atoms with E-state index in [-0.39, 0.29) is 29.0 Å². The first-order valence-corrected chi connectivity index (χ1v) is 7.49. The summed E-state index contributed by atoms with van der Waals surface area (Å²) in [6.07, 6.45) is 0. The van der Waals surface area contributed by atoms with Crippen molar-refractivity contribution in [3.05, 3.63) is 69.8 Å². The lowest BCUT2D eigenvalue weighted by molar-refractivity contribution is 0.0433. The number of hydrogen-bond acceptors (Lipinski definition) is 5. The van der Waals surface area contributed by atoms with Crippen LogP contribution >= 0.6 is 23.2 Å². The lowest BCUT2D eigenvalue weighted by Gasteiger charge is -2.03. The molecule has 0 amide bonds. The Balaban J connectivity index is 1.68. The normalized spacial score (nSPS) is 10.6. The Hall–Kier alpha value is -2.44. The van der Waals surface area contributed by atoms with Crippen LogP contribution in [-0.2, 0) is 11.3 Å². The monoisotopic (exact) mass is 366 g/mol. The minimum atomic E-state index is -0.874. The van der Waals surface area contributed by atoms with Crippen molar-refractivity contribution in [1.29, 1.82) is 0 Å². The molecule has 8 heteroatoms. The molecule has 0 unspecified atom stereocenters. The molecular weight excluding hydrogens is 358 g/mol. The number of esters is 1. The average Bonchev–Trinajstić information content (AvgIpc) is 3.04. The Labute approximate surface area is 146 Å². The third kappa shape index (κ3) is 3.72. The largest absolute Gasteiger partial charge is 0.452 e. The van der Waals surface area contributed by atoms with Crippen molar-refractivity contribution in [2.24, 2.45) is 0 Å². The molecule has 0 aliphatic carbocycles. The minimum Gasteiger partial charge on any atom is -0.452 e. The van der Waals surface area contributed by atoms with Crippen molar-refractivity contribution in [2.45, 2.75) is 6.61 Å². The maximum absolute atomic E-state index is 13.6. The summed E-state index contributed by atoms with van der Waals surface area (Å²) in [5.74, 6) is -1.26. The number of ether oxygens (including phenoxy) is 1. The molecule has 0 aliphatic heterocycles. The highest BCUT2D eigenvalue weighted by Gasteiger charge is 2.16. The van der Waals surface area contributed by atoms with Crippen LogP contribution in [0.3, 0.4) is 0 Å². The second-order valence-corrected chi connectivity index (χ2v) is 5.58. The van der Waals surface area contributed by atoms with Crippen LogP contribution in [-0.4, -0.2) is 16.2 Å². The molecule has 0 fully saturated rings. The van der Waals surface area contributed by atoms with Crippen molar-refractivity contribution < 1.29 is 18.3 Å². The lowest BCUT2D eigenvalue weighted by Crippen LogP contribution is -2.07. The smallest absolute Gasteiger partial charge is 0.341 e. The van der Waals surface area contributed by atoms with Crippen molar-refractivity contribution >= 4 is 29.2 Å². The van der Waals surface area contributed by atoms with Crippen molar-refractivity contribution in [3.8, 4) is 11.5 Å². The summed E-state index contributed by atoms with van der Waals surface area (Å²) >= 11 is 11.5. The number of nitrogens with zero attached hydrogens (tertiary/aromatic N) is 2. The fraction of sp³-hybridized carbons (Fsp3) is 0.0625. The molecule has 122 valence electrons. The molecule has 1 aromatic heterocycles. The van der Waals surface area contributed by atoms with Gasteiger partial charge in [-0.1, -0.05) is 23.2 Å². The van der Waals surface area contributed by atoms with E-state index in [1.807, 2.05) is 0 Å². The predicted molar refractivity (Wildman–Crippen MR) is 85.3 cm³/mol. The first-order valence-electron chi connectivity index (χ1n) is 6.73. The molecule has 0 aliphatic rings. The molecule has 0 saturated heterocycles.